The van der Waals surface area contributed by atoms with Crippen LogP contribution < -0.4 is 0 Å². The fraction of sp³-hybridized carbons (Fsp3) is 0.812. The predicted octanol–water partition coefficient (Wildman–Crippen LogP) is 5.02. The van der Waals surface area contributed by atoms with Gasteiger partial charge < -0.3 is 0 Å². The Balaban J connectivity index is 2.76. The molecule has 0 aromatic rings. The van der Waals surface area contributed by atoms with Gasteiger partial charge in [0.15, 0.2) is 0 Å². The molecule has 1 heterocycles. The van der Waals surface area contributed by atoms with Gasteiger partial charge in [-0.05, 0) is 49.3 Å². The van der Waals surface area contributed by atoms with Crippen molar-refractivity contribution in [1.29, 1.82) is 0 Å². The molecule has 0 N–H and O–H groups in total. The Kier molecular flexibility index (Phi) is 7.23. The van der Waals surface area contributed by atoms with Crippen molar-refractivity contribution in [3.63, 3.8) is 0 Å². The minimum absolute atomic E-state index is 0.709. The van der Waals surface area contributed by atoms with Crippen LogP contribution in [0, 0.1) is 11.8 Å². The topological polar surface area (TPSA) is 12.4 Å². The molecule has 1 nitrogen and oxygen atoms in total. The second-order valence-electron chi connectivity index (χ2n) is 5.42. The van der Waals surface area contributed by atoms with E-state index in [1.54, 1.807) is 5.57 Å². The van der Waals surface area contributed by atoms with Crippen molar-refractivity contribution in [2.75, 3.05) is 6.54 Å². The van der Waals surface area contributed by atoms with E-state index >= 15 is 0 Å². The summed E-state index contributed by atoms with van der Waals surface area (Å²) in [6.45, 7) is 7.85. The highest BCUT2D eigenvalue weighted by molar-refractivity contribution is 5.57. The van der Waals surface area contributed by atoms with E-state index in [-0.39, 0.29) is 0 Å². The zero-order valence-corrected chi connectivity index (χ0v) is 11.9. The molecule has 0 saturated carbocycles. The number of aliphatic imine (C=N–C) groups is 1. The number of rotatable bonds is 4. The highest BCUT2D eigenvalue weighted by atomic mass is 14.7. The van der Waals surface area contributed by atoms with Gasteiger partial charge in [-0.25, -0.2) is 0 Å². The van der Waals surface area contributed by atoms with Crippen molar-refractivity contribution >= 4 is 6.21 Å². The standard InChI is InChI=1S/C16H29N/c1-4-9-15-10-7-6-8-11-17-13-16(15)12-14(3)5-2/h11-12,14-15H,4-10,13H2,1-3H3. The Hall–Kier alpha value is -0.590. The number of hydrogen-bond acceptors (Lipinski definition) is 1. The number of allylic oxidation sites excluding steroid dienone is 1. The first-order valence-corrected chi connectivity index (χ1v) is 7.46. The summed E-state index contributed by atoms with van der Waals surface area (Å²) in [5, 5.41) is 0. The zero-order chi connectivity index (χ0) is 12.5. The van der Waals surface area contributed by atoms with Gasteiger partial charge in [0, 0.05) is 0 Å². The van der Waals surface area contributed by atoms with Crippen LogP contribution >= 0.6 is 0 Å². The molecule has 0 saturated heterocycles. The van der Waals surface area contributed by atoms with Crippen molar-refractivity contribution in [1.82, 2.24) is 0 Å². The van der Waals surface area contributed by atoms with E-state index in [1.807, 2.05) is 0 Å². The maximum Gasteiger partial charge on any atom is 0.0598 e. The molecule has 2 atom stereocenters. The fourth-order valence-corrected chi connectivity index (χ4v) is 2.55. The van der Waals surface area contributed by atoms with Crippen molar-refractivity contribution in [3.8, 4) is 0 Å². The average molecular weight is 235 g/mol. The fourth-order valence-electron chi connectivity index (χ4n) is 2.55. The van der Waals surface area contributed by atoms with E-state index < -0.39 is 0 Å². The lowest BCUT2D eigenvalue weighted by atomic mass is 9.87. The van der Waals surface area contributed by atoms with Crippen LogP contribution in [0.1, 0.15) is 65.7 Å². The van der Waals surface area contributed by atoms with E-state index in [4.69, 9.17) is 0 Å². The molecule has 0 aromatic carbocycles. The lowest BCUT2D eigenvalue weighted by Crippen LogP contribution is -2.08. The van der Waals surface area contributed by atoms with Gasteiger partial charge in [0.1, 0.15) is 0 Å². The van der Waals surface area contributed by atoms with Crippen LogP contribution in [0.15, 0.2) is 16.6 Å². The Morgan fingerprint density at radius 2 is 2.24 bits per heavy atom. The maximum atomic E-state index is 4.60. The van der Waals surface area contributed by atoms with Crippen LogP contribution in [-0.4, -0.2) is 12.8 Å². The second kappa shape index (κ2) is 8.49. The molecule has 2 unspecified atom stereocenters. The molecule has 0 bridgehead atoms. The Morgan fingerprint density at radius 1 is 1.41 bits per heavy atom. The molecule has 98 valence electrons. The normalized spacial score (nSPS) is 26.3. The SMILES string of the molecule is CCCC1CCCCC=NCC1=CC(C)CC. The van der Waals surface area contributed by atoms with E-state index in [9.17, 15) is 0 Å². The molecule has 1 aliphatic rings. The van der Waals surface area contributed by atoms with E-state index in [1.165, 1.54) is 44.9 Å². The lowest BCUT2D eigenvalue weighted by Gasteiger charge is -2.20. The van der Waals surface area contributed by atoms with Gasteiger partial charge in [0.2, 0.25) is 0 Å². The summed E-state index contributed by atoms with van der Waals surface area (Å²) in [6, 6.07) is 0. The van der Waals surface area contributed by atoms with Crippen molar-refractivity contribution < 1.29 is 0 Å². The van der Waals surface area contributed by atoms with Crippen molar-refractivity contribution in [2.24, 2.45) is 16.8 Å². The second-order valence-corrected chi connectivity index (χ2v) is 5.42. The molecule has 1 rings (SSSR count). The minimum atomic E-state index is 0.709. The van der Waals surface area contributed by atoms with Crippen LogP contribution in [0.5, 0.6) is 0 Å². The number of hydrogen-bond donors (Lipinski definition) is 0. The highest BCUT2D eigenvalue weighted by Crippen LogP contribution is 2.26. The van der Waals surface area contributed by atoms with Crippen LogP contribution in [0.2, 0.25) is 0 Å². The molecular formula is C16H29N. The Morgan fingerprint density at radius 3 is 2.94 bits per heavy atom. The van der Waals surface area contributed by atoms with Crippen LogP contribution in [-0.2, 0) is 0 Å². The third kappa shape index (κ3) is 5.52. The quantitative estimate of drug-likeness (QED) is 0.607. The third-order valence-electron chi connectivity index (χ3n) is 3.84. The summed E-state index contributed by atoms with van der Waals surface area (Å²) in [5.74, 6) is 1.50. The van der Waals surface area contributed by atoms with Crippen LogP contribution in [0.25, 0.3) is 0 Å². The van der Waals surface area contributed by atoms with Gasteiger partial charge in [-0.3, -0.25) is 4.99 Å². The first-order valence-electron chi connectivity index (χ1n) is 7.46. The molecule has 1 aliphatic heterocycles. The lowest BCUT2D eigenvalue weighted by molar-refractivity contribution is 0.478. The van der Waals surface area contributed by atoms with Gasteiger partial charge in [0.25, 0.3) is 0 Å². The summed E-state index contributed by atoms with van der Waals surface area (Å²) in [5.41, 5.74) is 1.61. The van der Waals surface area contributed by atoms with Crippen LogP contribution in [0.3, 0.4) is 0 Å². The summed E-state index contributed by atoms with van der Waals surface area (Å²) in [7, 11) is 0. The van der Waals surface area contributed by atoms with E-state index in [0.29, 0.717) is 5.92 Å². The van der Waals surface area contributed by atoms with Gasteiger partial charge in [-0.1, -0.05) is 46.1 Å². The maximum absolute atomic E-state index is 4.60. The summed E-state index contributed by atoms with van der Waals surface area (Å²) in [6.07, 6.45) is 13.8. The van der Waals surface area contributed by atoms with E-state index in [0.717, 1.165) is 12.5 Å². The first kappa shape index (κ1) is 14.5. The Bertz CT molecular complexity index is 252. The molecule has 0 aliphatic carbocycles. The highest BCUT2D eigenvalue weighted by Gasteiger charge is 2.14. The molecule has 0 radical (unpaired) electrons. The molecule has 1 heteroatoms. The molecule has 17 heavy (non-hydrogen) atoms. The third-order valence-corrected chi connectivity index (χ3v) is 3.84. The van der Waals surface area contributed by atoms with Crippen molar-refractivity contribution in [2.45, 2.75) is 65.7 Å². The predicted molar refractivity (Wildman–Crippen MR) is 77.8 cm³/mol. The Labute approximate surface area is 107 Å². The molecule has 0 spiro atoms. The molecular weight excluding hydrogens is 206 g/mol. The summed E-state index contributed by atoms with van der Waals surface area (Å²) in [4.78, 5) is 4.60. The van der Waals surface area contributed by atoms with Gasteiger partial charge in [-0.2, -0.15) is 0 Å². The smallest absolute Gasteiger partial charge is 0.0598 e. The van der Waals surface area contributed by atoms with Gasteiger partial charge in [0.05, 0.1) is 6.54 Å². The molecule has 0 fully saturated rings. The number of nitrogens with zero attached hydrogens (tertiary/aromatic N) is 1. The minimum Gasteiger partial charge on any atom is -0.293 e. The van der Waals surface area contributed by atoms with E-state index in [2.05, 4.69) is 38.1 Å². The van der Waals surface area contributed by atoms with Crippen LogP contribution in [0.4, 0.5) is 0 Å². The zero-order valence-electron chi connectivity index (χ0n) is 11.9. The summed E-state index contributed by atoms with van der Waals surface area (Å²) >= 11 is 0. The first-order chi connectivity index (χ1) is 8.27. The molecule has 0 aromatic heterocycles. The molecule has 0 amide bonds. The largest absolute Gasteiger partial charge is 0.293 e. The monoisotopic (exact) mass is 235 g/mol. The average Bonchev–Trinajstić information content (AvgIpc) is 2.43. The van der Waals surface area contributed by atoms with Gasteiger partial charge >= 0.3 is 0 Å². The van der Waals surface area contributed by atoms with Gasteiger partial charge in [-0.15, -0.1) is 0 Å². The van der Waals surface area contributed by atoms with Crippen molar-refractivity contribution in [3.05, 3.63) is 11.6 Å². The summed E-state index contributed by atoms with van der Waals surface area (Å²) < 4.78 is 0.